The van der Waals surface area contributed by atoms with E-state index in [4.69, 9.17) is 14.2 Å². The number of para-hydroxylation sites is 1. The van der Waals surface area contributed by atoms with Gasteiger partial charge in [-0.05, 0) is 19.1 Å². The van der Waals surface area contributed by atoms with Crippen molar-refractivity contribution in [3.63, 3.8) is 0 Å². The van der Waals surface area contributed by atoms with Crippen LogP contribution in [-0.2, 0) is 14.3 Å². The van der Waals surface area contributed by atoms with Crippen molar-refractivity contribution in [1.29, 1.82) is 0 Å². The number of aliphatic hydroxyl groups is 1. The molecule has 2 aromatic rings. The molecule has 0 bridgehead atoms. The van der Waals surface area contributed by atoms with Gasteiger partial charge < -0.3 is 19.3 Å². The molecule has 1 aromatic carbocycles. The summed E-state index contributed by atoms with van der Waals surface area (Å²) < 4.78 is 17.0. The lowest BCUT2D eigenvalue weighted by molar-refractivity contribution is -0.131. The summed E-state index contributed by atoms with van der Waals surface area (Å²) >= 11 is 0. The van der Waals surface area contributed by atoms with Gasteiger partial charge in [-0.15, -0.1) is 0 Å². The maximum absolute atomic E-state index is 12.4. The Labute approximate surface area is 164 Å². The largest absolute Gasteiger partial charge is 0.459 e. The van der Waals surface area contributed by atoms with E-state index in [9.17, 15) is 24.3 Å². The Morgan fingerprint density at radius 2 is 2.03 bits per heavy atom. The Hall–Kier alpha value is -3.24. The van der Waals surface area contributed by atoms with Crippen molar-refractivity contribution in [2.75, 3.05) is 6.61 Å². The van der Waals surface area contributed by atoms with Crippen LogP contribution < -0.4 is 16.0 Å². The first kappa shape index (κ1) is 20.5. The van der Waals surface area contributed by atoms with Gasteiger partial charge >= 0.3 is 17.6 Å². The number of ether oxygens (including phenoxy) is 3. The zero-order chi connectivity index (χ0) is 21.1. The molecule has 154 valence electrons. The third-order valence-corrected chi connectivity index (χ3v) is 4.40. The van der Waals surface area contributed by atoms with Gasteiger partial charge in [0, 0.05) is 25.1 Å². The summed E-state index contributed by atoms with van der Waals surface area (Å²) in [5.41, 5.74) is -0.786. The van der Waals surface area contributed by atoms with Gasteiger partial charge in [0.2, 0.25) is 0 Å². The molecule has 0 aliphatic carbocycles. The van der Waals surface area contributed by atoms with Gasteiger partial charge in [0.05, 0.1) is 6.10 Å². The fourth-order valence-corrected chi connectivity index (χ4v) is 2.95. The number of aryl methyl sites for hydroxylation is 1. The normalized spacial score (nSPS) is 21.0. The molecule has 2 heterocycles. The molecule has 2 N–H and O–H groups in total. The minimum atomic E-state index is -0.990. The second kappa shape index (κ2) is 8.41. The van der Waals surface area contributed by atoms with Crippen molar-refractivity contribution in [3.05, 3.63) is 62.4 Å². The van der Waals surface area contributed by atoms with Crippen LogP contribution in [0.4, 0.5) is 0 Å². The highest BCUT2D eigenvalue weighted by Crippen LogP contribution is 2.28. The minimum Gasteiger partial charge on any atom is -0.459 e. The summed E-state index contributed by atoms with van der Waals surface area (Å²) in [6.45, 7) is 2.48. The van der Waals surface area contributed by atoms with Crippen molar-refractivity contribution >= 4 is 11.9 Å². The highest BCUT2D eigenvalue weighted by molar-refractivity contribution is 5.93. The van der Waals surface area contributed by atoms with Gasteiger partial charge in [0.25, 0.3) is 5.56 Å². The van der Waals surface area contributed by atoms with Gasteiger partial charge in [-0.25, -0.2) is 9.59 Å². The number of nitrogens with one attached hydrogen (secondary N) is 1. The van der Waals surface area contributed by atoms with E-state index < -0.39 is 41.6 Å². The summed E-state index contributed by atoms with van der Waals surface area (Å²) in [6, 6.07) is 6.09. The zero-order valence-electron chi connectivity index (χ0n) is 15.8. The number of aliphatic hydroxyl groups excluding tert-OH is 1. The van der Waals surface area contributed by atoms with Crippen molar-refractivity contribution in [1.82, 2.24) is 9.55 Å². The molecule has 1 aliphatic rings. The third kappa shape index (κ3) is 4.61. The van der Waals surface area contributed by atoms with Crippen molar-refractivity contribution in [3.8, 4) is 5.75 Å². The summed E-state index contributed by atoms with van der Waals surface area (Å²) in [4.78, 5) is 49.2. The van der Waals surface area contributed by atoms with Gasteiger partial charge in [0.15, 0.2) is 0 Å². The molecule has 1 fully saturated rings. The van der Waals surface area contributed by atoms with Crippen molar-refractivity contribution in [2.24, 2.45) is 0 Å². The molecule has 0 amide bonds. The predicted molar refractivity (Wildman–Crippen MR) is 98.6 cm³/mol. The Morgan fingerprint density at radius 1 is 1.31 bits per heavy atom. The van der Waals surface area contributed by atoms with E-state index in [1.165, 1.54) is 29.8 Å². The Morgan fingerprint density at radius 3 is 2.76 bits per heavy atom. The van der Waals surface area contributed by atoms with E-state index in [1.54, 1.807) is 19.1 Å². The molecule has 0 saturated carbocycles. The minimum absolute atomic E-state index is 0.0548. The lowest BCUT2D eigenvalue weighted by Gasteiger charge is -2.17. The number of carbonyl (C=O) groups excluding carboxylic acids is 2. The van der Waals surface area contributed by atoms with Gasteiger partial charge in [-0.3, -0.25) is 19.1 Å². The number of nitrogens with zero attached hydrogens (tertiary/aromatic N) is 1. The second-order valence-electron chi connectivity index (χ2n) is 6.60. The number of aromatic amines is 1. The molecule has 1 aliphatic heterocycles. The van der Waals surface area contributed by atoms with Crippen LogP contribution in [0.1, 0.15) is 35.5 Å². The number of hydrogen-bond acceptors (Lipinski definition) is 8. The van der Waals surface area contributed by atoms with Gasteiger partial charge in [0.1, 0.15) is 30.3 Å². The Balaban J connectivity index is 1.67. The van der Waals surface area contributed by atoms with E-state index in [1.807, 2.05) is 0 Å². The molecule has 0 unspecified atom stereocenters. The summed E-state index contributed by atoms with van der Waals surface area (Å²) in [5, 5.41) is 10.2. The van der Waals surface area contributed by atoms with Crippen LogP contribution in [0.3, 0.4) is 0 Å². The van der Waals surface area contributed by atoms with E-state index in [-0.39, 0.29) is 24.3 Å². The zero-order valence-corrected chi connectivity index (χ0v) is 15.8. The van der Waals surface area contributed by atoms with E-state index in [0.717, 1.165) is 0 Å². The number of rotatable bonds is 5. The fraction of sp³-hybridized carbons (Fsp3) is 0.368. The van der Waals surface area contributed by atoms with Crippen LogP contribution in [0.15, 0.2) is 40.1 Å². The average Bonchev–Trinajstić information content (AvgIpc) is 3.03. The van der Waals surface area contributed by atoms with E-state index in [0.29, 0.717) is 5.56 Å². The van der Waals surface area contributed by atoms with Crippen molar-refractivity contribution in [2.45, 2.75) is 38.7 Å². The first-order valence-electron chi connectivity index (χ1n) is 8.86. The third-order valence-electron chi connectivity index (χ3n) is 4.40. The first-order chi connectivity index (χ1) is 13.8. The molecular weight excluding hydrogens is 384 g/mol. The van der Waals surface area contributed by atoms with Crippen LogP contribution in [0.5, 0.6) is 5.75 Å². The lowest BCUT2D eigenvalue weighted by Crippen LogP contribution is -2.33. The lowest BCUT2D eigenvalue weighted by atomic mass is 10.2. The maximum Gasteiger partial charge on any atom is 0.342 e. The maximum atomic E-state index is 12.4. The van der Waals surface area contributed by atoms with E-state index >= 15 is 0 Å². The summed E-state index contributed by atoms with van der Waals surface area (Å²) in [7, 11) is 0. The molecule has 3 rings (SSSR count). The van der Waals surface area contributed by atoms with Crippen LogP contribution >= 0.6 is 0 Å². The quantitative estimate of drug-likeness (QED) is 0.535. The Kier molecular flexibility index (Phi) is 5.95. The summed E-state index contributed by atoms with van der Waals surface area (Å²) in [5.74, 6) is -1.27. The molecular formula is C19H20N2O8. The van der Waals surface area contributed by atoms with Crippen LogP contribution in [-0.4, -0.2) is 45.4 Å². The monoisotopic (exact) mass is 404 g/mol. The highest BCUT2D eigenvalue weighted by Gasteiger charge is 2.36. The number of H-pyrrole nitrogens is 1. The number of aromatic nitrogens is 2. The standard InChI is InChI=1S/C19H20N2O8/c1-10-8-21(19(26)20-17(10)24)16-7-13(23)15(29-16)9-27-18(25)12-5-3-4-6-14(12)28-11(2)22/h3-6,8,13,15-16,23H,7,9H2,1-2H3,(H,20,24,26)/t13-,15+,16+/m0/s1. The second-order valence-corrected chi connectivity index (χ2v) is 6.60. The number of benzene rings is 1. The predicted octanol–water partition coefficient (Wildman–Crippen LogP) is 0.276. The topological polar surface area (TPSA) is 137 Å². The molecule has 1 saturated heterocycles. The smallest absolute Gasteiger partial charge is 0.342 e. The molecule has 10 nitrogen and oxygen atoms in total. The first-order valence-corrected chi connectivity index (χ1v) is 8.86. The highest BCUT2D eigenvalue weighted by atomic mass is 16.6. The van der Waals surface area contributed by atoms with Crippen LogP contribution in [0.25, 0.3) is 0 Å². The fourth-order valence-electron chi connectivity index (χ4n) is 2.95. The molecule has 3 atom stereocenters. The van der Waals surface area contributed by atoms with E-state index in [2.05, 4.69) is 4.98 Å². The van der Waals surface area contributed by atoms with Crippen LogP contribution in [0.2, 0.25) is 0 Å². The molecule has 1 aromatic heterocycles. The van der Waals surface area contributed by atoms with Crippen molar-refractivity contribution < 1.29 is 28.9 Å². The van der Waals surface area contributed by atoms with Gasteiger partial charge in [-0.1, -0.05) is 12.1 Å². The van der Waals surface area contributed by atoms with Gasteiger partial charge in [-0.2, -0.15) is 0 Å². The number of hydrogen-bond donors (Lipinski definition) is 2. The molecule has 29 heavy (non-hydrogen) atoms. The average molecular weight is 404 g/mol. The van der Waals surface area contributed by atoms with Crippen LogP contribution in [0, 0.1) is 6.92 Å². The molecule has 0 radical (unpaired) electrons. The summed E-state index contributed by atoms with van der Waals surface area (Å²) in [6.07, 6.45) is -1.25. The number of esters is 2. The number of carbonyl (C=O) groups is 2. The molecule has 10 heteroatoms. The Bertz CT molecular complexity index is 1040. The SMILES string of the molecule is CC(=O)Oc1ccccc1C(=O)OC[C@H]1O[C@@H](n2cc(C)c(=O)[nH]c2=O)C[C@@H]1O. The molecule has 0 spiro atoms.